The van der Waals surface area contributed by atoms with Crippen LogP contribution in [-0.4, -0.2) is 23.3 Å². The number of nitrogens with one attached hydrogen (secondary N) is 2. The van der Waals surface area contributed by atoms with Gasteiger partial charge in [-0.15, -0.1) is 0 Å². The number of hydrogen-bond acceptors (Lipinski definition) is 4. The molecule has 126 valence electrons. The number of hydrogen-bond donors (Lipinski definition) is 3. The fraction of sp³-hybridized carbons (Fsp3) is 0.105. The van der Waals surface area contributed by atoms with Gasteiger partial charge in [-0.3, -0.25) is 14.6 Å². The van der Waals surface area contributed by atoms with Gasteiger partial charge in [-0.05, 0) is 41.3 Å². The van der Waals surface area contributed by atoms with Gasteiger partial charge < -0.3 is 16.4 Å². The normalized spacial score (nSPS) is 10.6. The lowest BCUT2D eigenvalue weighted by atomic mass is 10.1. The second kappa shape index (κ2) is 7.55. The van der Waals surface area contributed by atoms with Crippen molar-refractivity contribution in [2.75, 3.05) is 11.9 Å². The Kier molecular flexibility index (Phi) is 5.01. The molecule has 6 nitrogen and oxygen atoms in total. The maximum absolute atomic E-state index is 12.1. The van der Waals surface area contributed by atoms with Gasteiger partial charge in [0.25, 0.3) is 0 Å². The SMILES string of the molecule is NC(=O)c1cccc(CNCC(=O)Nc2ccc3cnccc3c2)c1. The molecule has 0 saturated carbocycles. The number of primary amides is 1. The van der Waals surface area contributed by atoms with Crippen molar-refractivity contribution >= 4 is 28.3 Å². The second-order valence-corrected chi connectivity index (χ2v) is 5.65. The molecule has 0 bridgehead atoms. The number of carbonyl (C=O) groups excluding carboxylic acids is 2. The van der Waals surface area contributed by atoms with Gasteiger partial charge in [0.2, 0.25) is 11.8 Å². The number of aromatic nitrogens is 1. The Balaban J connectivity index is 1.54. The van der Waals surface area contributed by atoms with E-state index in [4.69, 9.17) is 5.73 Å². The fourth-order valence-corrected chi connectivity index (χ4v) is 2.52. The van der Waals surface area contributed by atoms with Crippen molar-refractivity contribution in [3.8, 4) is 0 Å². The zero-order valence-corrected chi connectivity index (χ0v) is 13.5. The summed E-state index contributed by atoms with van der Waals surface area (Å²) in [5.41, 5.74) is 7.34. The number of amides is 2. The lowest BCUT2D eigenvalue weighted by Crippen LogP contribution is -2.27. The molecular formula is C19H18N4O2. The van der Waals surface area contributed by atoms with Gasteiger partial charge in [0, 0.05) is 35.6 Å². The molecule has 4 N–H and O–H groups in total. The van der Waals surface area contributed by atoms with Gasteiger partial charge in [-0.1, -0.05) is 18.2 Å². The molecule has 6 heteroatoms. The zero-order chi connectivity index (χ0) is 17.6. The Bertz CT molecular complexity index is 924. The van der Waals surface area contributed by atoms with Crippen LogP contribution in [0.25, 0.3) is 10.8 Å². The molecule has 2 aromatic carbocycles. The highest BCUT2D eigenvalue weighted by Crippen LogP contribution is 2.17. The van der Waals surface area contributed by atoms with Gasteiger partial charge >= 0.3 is 0 Å². The lowest BCUT2D eigenvalue weighted by Gasteiger charge is -2.08. The molecule has 3 aromatic rings. The van der Waals surface area contributed by atoms with E-state index < -0.39 is 5.91 Å². The minimum absolute atomic E-state index is 0.139. The minimum Gasteiger partial charge on any atom is -0.366 e. The van der Waals surface area contributed by atoms with Gasteiger partial charge in [0.1, 0.15) is 0 Å². The maximum Gasteiger partial charge on any atom is 0.248 e. The number of pyridine rings is 1. The van der Waals surface area contributed by atoms with E-state index in [1.165, 1.54) is 0 Å². The molecule has 25 heavy (non-hydrogen) atoms. The van der Waals surface area contributed by atoms with E-state index >= 15 is 0 Å². The largest absolute Gasteiger partial charge is 0.366 e. The van der Waals surface area contributed by atoms with Crippen LogP contribution in [0.2, 0.25) is 0 Å². The number of anilines is 1. The summed E-state index contributed by atoms with van der Waals surface area (Å²) in [5, 5.41) is 7.94. The first kappa shape index (κ1) is 16.6. The average molecular weight is 334 g/mol. The van der Waals surface area contributed by atoms with E-state index in [-0.39, 0.29) is 12.5 Å². The highest BCUT2D eigenvalue weighted by atomic mass is 16.2. The Labute approximate surface area is 145 Å². The minimum atomic E-state index is -0.467. The third-order valence-electron chi connectivity index (χ3n) is 3.75. The summed E-state index contributed by atoms with van der Waals surface area (Å²) in [7, 11) is 0. The first-order valence-corrected chi connectivity index (χ1v) is 7.85. The Morgan fingerprint density at radius 1 is 1.04 bits per heavy atom. The smallest absolute Gasteiger partial charge is 0.248 e. The molecule has 0 radical (unpaired) electrons. The summed E-state index contributed by atoms with van der Waals surface area (Å²) in [6.45, 7) is 0.632. The molecular weight excluding hydrogens is 316 g/mol. The monoisotopic (exact) mass is 334 g/mol. The van der Waals surface area contributed by atoms with E-state index in [0.717, 1.165) is 22.0 Å². The van der Waals surface area contributed by atoms with Gasteiger partial charge in [-0.25, -0.2) is 0 Å². The molecule has 3 rings (SSSR count). The Morgan fingerprint density at radius 3 is 2.76 bits per heavy atom. The highest BCUT2D eigenvalue weighted by molar-refractivity contribution is 5.95. The van der Waals surface area contributed by atoms with E-state index in [9.17, 15) is 9.59 Å². The summed E-state index contributed by atoms with van der Waals surface area (Å²) >= 11 is 0. The Morgan fingerprint density at radius 2 is 1.92 bits per heavy atom. The van der Waals surface area contributed by atoms with Crippen LogP contribution in [0.3, 0.4) is 0 Å². The van der Waals surface area contributed by atoms with Crippen molar-refractivity contribution in [2.24, 2.45) is 5.73 Å². The van der Waals surface area contributed by atoms with E-state index in [1.54, 1.807) is 30.6 Å². The molecule has 2 amide bonds. The standard InChI is InChI=1S/C19H18N4O2/c20-19(25)15-3-1-2-13(8-15)10-22-12-18(24)23-17-5-4-16-11-21-7-6-14(16)9-17/h1-9,11,22H,10,12H2,(H2,20,25)(H,23,24). The molecule has 0 atom stereocenters. The predicted octanol–water partition coefficient (Wildman–Crippen LogP) is 2.06. The number of nitrogens with two attached hydrogens (primary N) is 1. The highest BCUT2D eigenvalue weighted by Gasteiger charge is 2.05. The van der Waals surface area contributed by atoms with Crippen LogP contribution < -0.4 is 16.4 Å². The lowest BCUT2D eigenvalue weighted by molar-refractivity contribution is -0.115. The molecule has 0 aliphatic carbocycles. The van der Waals surface area contributed by atoms with Crippen LogP contribution in [0.4, 0.5) is 5.69 Å². The van der Waals surface area contributed by atoms with Crippen molar-refractivity contribution < 1.29 is 9.59 Å². The molecule has 1 heterocycles. The number of nitrogens with zero attached hydrogens (tertiary/aromatic N) is 1. The summed E-state index contributed by atoms with van der Waals surface area (Å²) in [5.74, 6) is -0.606. The molecule has 0 fully saturated rings. The average Bonchev–Trinajstić information content (AvgIpc) is 2.62. The maximum atomic E-state index is 12.1. The summed E-state index contributed by atoms with van der Waals surface area (Å²) < 4.78 is 0. The fourth-order valence-electron chi connectivity index (χ4n) is 2.52. The van der Waals surface area contributed by atoms with Crippen molar-refractivity contribution in [3.05, 3.63) is 72.1 Å². The third-order valence-corrected chi connectivity index (χ3v) is 3.75. The summed E-state index contributed by atoms with van der Waals surface area (Å²) in [6, 6.07) is 14.6. The first-order valence-electron chi connectivity index (χ1n) is 7.85. The molecule has 0 unspecified atom stereocenters. The van der Waals surface area contributed by atoms with Gasteiger partial charge in [0.05, 0.1) is 6.54 Å². The number of carbonyl (C=O) groups is 2. The van der Waals surface area contributed by atoms with Crippen LogP contribution in [0.15, 0.2) is 60.9 Å². The molecule has 0 saturated heterocycles. The van der Waals surface area contributed by atoms with Crippen LogP contribution >= 0.6 is 0 Å². The van der Waals surface area contributed by atoms with E-state index in [0.29, 0.717) is 12.1 Å². The van der Waals surface area contributed by atoms with Crippen LogP contribution in [-0.2, 0) is 11.3 Å². The first-order chi connectivity index (χ1) is 12.1. The zero-order valence-electron chi connectivity index (χ0n) is 13.5. The molecule has 1 aromatic heterocycles. The van der Waals surface area contributed by atoms with Crippen molar-refractivity contribution in [1.82, 2.24) is 10.3 Å². The van der Waals surface area contributed by atoms with Crippen molar-refractivity contribution in [2.45, 2.75) is 6.54 Å². The topological polar surface area (TPSA) is 97.1 Å². The second-order valence-electron chi connectivity index (χ2n) is 5.65. The quantitative estimate of drug-likeness (QED) is 0.643. The van der Waals surface area contributed by atoms with Crippen LogP contribution in [0, 0.1) is 0 Å². The van der Waals surface area contributed by atoms with Gasteiger partial charge in [-0.2, -0.15) is 0 Å². The summed E-state index contributed by atoms with van der Waals surface area (Å²) in [4.78, 5) is 27.3. The van der Waals surface area contributed by atoms with Crippen LogP contribution in [0.1, 0.15) is 15.9 Å². The van der Waals surface area contributed by atoms with E-state index in [1.807, 2.05) is 30.3 Å². The number of rotatable bonds is 6. The predicted molar refractivity (Wildman–Crippen MR) is 97.0 cm³/mol. The number of fused-ring (bicyclic) bond motifs is 1. The Hall–Kier alpha value is -3.25. The van der Waals surface area contributed by atoms with Gasteiger partial charge in [0.15, 0.2) is 0 Å². The van der Waals surface area contributed by atoms with E-state index in [2.05, 4.69) is 15.6 Å². The van der Waals surface area contributed by atoms with Crippen LogP contribution in [0.5, 0.6) is 0 Å². The summed E-state index contributed by atoms with van der Waals surface area (Å²) in [6.07, 6.45) is 3.50. The molecule has 0 spiro atoms. The molecule has 0 aliphatic heterocycles. The molecule has 0 aliphatic rings. The van der Waals surface area contributed by atoms with Crippen molar-refractivity contribution in [3.63, 3.8) is 0 Å². The van der Waals surface area contributed by atoms with Crippen molar-refractivity contribution in [1.29, 1.82) is 0 Å². The third kappa shape index (κ3) is 4.39. The number of benzene rings is 2.